The van der Waals surface area contributed by atoms with E-state index in [9.17, 15) is 0 Å². The highest BCUT2D eigenvalue weighted by atomic mass is 15.1. The van der Waals surface area contributed by atoms with Crippen LogP contribution in [0.15, 0.2) is 18.2 Å². The molecule has 0 amide bonds. The predicted molar refractivity (Wildman–Crippen MR) is 81.3 cm³/mol. The Kier molecular flexibility index (Phi) is 5.21. The molecule has 0 aliphatic rings. The van der Waals surface area contributed by atoms with E-state index in [4.69, 9.17) is 5.73 Å². The molecule has 0 unspecified atom stereocenters. The Labute approximate surface area is 112 Å². The maximum absolute atomic E-state index is 5.85. The Morgan fingerprint density at radius 3 is 2.00 bits per heavy atom. The van der Waals surface area contributed by atoms with Gasteiger partial charge in [-0.1, -0.05) is 45.9 Å². The maximum Gasteiger partial charge on any atom is 0.0428 e. The fraction of sp³-hybridized carbons (Fsp3) is 0.625. The second-order valence-corrected chi connectivity index (χ2v) is 5.86. The lowest BCUT2D eigenvalue weighted by atomic mass is 9.92. The van der Waals surface area contributed by atoms with Gasteiger partial charge in [-0.15, -0.1) is 0 Å². The van der Waals surface area contributed by atoms with Crippen molar-refractivity contribution >= 4 is 5.69 Å². The van der Waals surface area contributed by atoms with E-state index in [0.717, 1.165) is 19.4 Å². The molecule has 0 bridgehead atoms. The number of nitrogens with two attached hydrogens (primary N) is 1. The van der Waals surface area contributed by atoms with Crippen LogP contribution in [0.4, 0.5) is 5.69 Å². The number of para-hydroxylation sites is 1. The van der Waals surface area contributed by atoms with Crippen LogP contribution in [0.1, 0.15) is 38.8 Å². The number of nitrogens with zero attached hydrogens (tertiary/aromatic N) is 1. The lowest BCUT2D eigenvalue weighted by Crippen LogP contribution is -2.37. The summed E-state index contributed by atoms with van der Waals surface area (Å²) >= 11 is 0. The van der Waals surface area contributed by atoms with Crippen molar-refractivity contribution in [1.82, 2.24) is 0 Å². The van der Waals surface area contributed by atoms with E-state index in [2.05, 4.69) is 57.8 Å². The molecule has 0 saturated heterocycles. The van der Waals surface area contributed by atoms with Crippen molar-refractivity contribution in [2.45, 2.75) is 40.5 Å². The molecular weight excluding hydrogens is 220 g/mol. The van der Waals surface area contributed by atoms with Crippen LogP contribution in [0.5, 0.6) is 0 Å². The van der Waals surface area contributed by atoms with Crippen molar-refractivity contribution in [3.63, 3.8) is 0 Å². The van der Waals surface area contributed by atoms with Gasteiger partial charge in [0, 0.05) is 19.3 Å². The van der Waals surface area contributed by atoms with Gasteiger partial charge in [0.15, 0.2) is 0 Å². The second kappa shape index (κ2) is 6.24. The first kappa shape index (κ1) is 15.0. The molecule has 2 nitrogen and oxygen atoms in total. The molecule has 0 aliphatic heterocycles. The predicted octanol–water partition coefficient (Wildman–Crippen LogP) is 3.23. The van der Waals surface area contributed by atoms with Crippen LogP contribution in [0.25, 0.3) is 0 Å². The van der Waals surface area contributed by atoms with Crippen molar-refractivity contribution in [2.75, 3.05) is 25.0 Å². The Morgan fingerprint density at radius 1 is 1.11 bits per heavy atom. The van der Waals surface area contributed by atoms with E-state index in [1.165, 1.54) is 16.8 Å². The zero-order valence-electron chi connectivity index (χ0n) is 12.6. The van der Waals surface area contributed by atoms with E-state index >= 15 is 0 Å². The molecule has 0 radical (unpaired) electrons. The number of benzene rings is 1. The monoisotopic (exact) mass is 248 g/mol. The van der Waals surface area contributed by atoms with Gasteiger partial charge in [-0.25, -0.2) is 0 Å². The molecule has 0 atom stereocenters. The van der Waals surface area contributed by atoms with E-state index < -0.39 is 0 Å². The first-order valence-corrected chi connectivity index (χ1v) is 6.97. The Bertz CT molecular complexity index is 360. The van der Waals surface area contributed by atoms with Crippen LogP contribution in [-0.4, -0.2) is 20.1 Å². The summed E-state index contributed by atoms with van der Waals surface area (Å²) in [5, 5.41) is 0. The van der Waals surface area contributed by atoms with Crippen LogP contribution in [-0.2, 0) is 12.8 Å². The van der Waals surface area contributed by atoms with Gasteiger partial charge in [0.1, 0.15) is 0 Å². The van der Waals surface area contributed by atoms with Gasteiger partial charge in [-0.2, -0.15) is 0 Å². The SMILES string of the molecule is CCc1cccc(CC)c1N(C)CC(C)(C)CN. The standard InChI is InChI=1S/C16H28N2/c1-6-13-9-8-10-14(7-2)15(13)18(5)12-16(3,4)11-17/h8-10H,6-7,11-12,17H2,1-5H3. The highest BCUT2D eigenvalue weighted by molar-refractivity contribution is 5.59. The summed E-state index contributed by atoms with van der Waals surface area (Å²) in [7, 11) is 2.19. The van der Waals surface area contributed by atoms with Gasteiger partial charge < -0.3 is 10.6 Å². The highest BCUT2D eigenvalue weighted by Crippen LogP contribution is 2.28. The quantitative estimate of drug-likeness (QED) is 0.837. The minimum atomic E-state index is 0.153. The van der Waals surface area contributed by atoms with Crippen LogP contribution in [0.2, 0.25) is 0 Å². The third-order valence-electron chi connectivity index (χ3n) is 3.56. The molecule has 2 heteroatoms. The zero-order valence-corrected chi connectivity index (χ0v) is 12.6. The molecule has 0 aromatic heterocycles. The normalized spacial score (nSPS) is 11.7. The van der Waals surface area contributed by atoms with Gasteiger partial charge in [0.2, 0.25) is 0 Å². The summed E-state index contributed by atoms with van der Waals surface area (Å²) < 4.78 is 0. The summed E-state index contributed by atoms with van der Waals surface area (Å²) in [5.41, 5.74) is 10.3. The molecule has 0 spiro atoms. The first-order chi connectivity index (χ1) is 8.45. The van der Waals surface area contributed by atoms with E-state index in [-0.39, 0.29) is 5.41 Å². The van der Waals surface area contributed by atoms with Crippen molar-refractivity contribution in [2.24, 2.45) is 11.1 Å². The van der Waals surface area contributed by atoms with Gasteiger partial charge >= 0.3 is 0 Å². The van der Waals surface area contributed by atoms with Crippen molar-refractivity contribution in [3.05, 3.63) is 29.3 Å². The van der Waals surface area contributed by atoms with E-state index in [1.54, 1.807) is 0 Å². The molecular formula is C16H28N2. The molecule has 1 aromatic carbocycles. The lowest BCUT2D eigenvalue weighted by Gasteiger charge is -2.33. The van der Waals surface area contributed by atoms with Crippen LogP contribution in [0, 0.1) is 5.41 Å². The van der Waals surface area contributed by atoms with E-state index in [1.807, 2.05) is 0 Å². The molecule has 1 rings (SSSR count). The zero-order chi connectivity index (χ0) is 13.8. The molecule has 0 fully saturated rings. The molecule has 102 valence electrons. The van der Waals surface area contributed by atoms with Gasteiger partial charge in [0.25, 0.3) is 0 Å². The van der Waals surface area contributed by atoms with Gasteiger partial charge in [0.05, 0.1) is 0 Å². The number of anilines is 1. The third kappa shape index (κ3) is 3.49. The fourth-order valence-electron chi connectivity index (χ4n) is 2.49. The topological polar surface area (TPSA) is 29.3 Å². The fourth-order valence-corrected chi connectivity index (χ4v) is 2.49. The van der Waals surface area contributed by atoms with Crippen molar-refractivity contribution in [1.29, 1.82) is 0 Å². The summed E-state index contributed by atoms with van der Waals surface area (Å²) in [6, 6.07) is 6.64. The molecule has 18 heavy (non-hydrogen) atoms. The lowest BCUT2D eigenvalue weighted by molar-refractivity contribution is 0.384. The van der Waals surface area contributed by atoms with Crippen LogP contribution < -0.4 is 10.6 Å². The number of hydrogen-bond donors (Lipinski definition) is 1. The molecule has 2 N–H and O–H groups in total. The smallest absolute Gasteiger partial charge is 0.0428 e. The average molecular weight is 248 g/mol. The van der Waals surface area contributed by atoms with Crippen molar-refractivity contribution < 1.29 is 0 Å². The minimum absolute atomic E-state index is 0.153. The number of hydrogen-bond acceptors (Lipinski definition) is 2. The van der Waals surface area contributed by atoms with Crippen LogP contribution in [0.3, 0.4) is 0 Å². The Balaban J connectivity index is 3.07. The molecule has 0 saturated carbocycles. The van der Waals surface area contributed by atoms with Gasteiger partial charge in [-0.3, -0.25) is 0 Å². The largest absolute Gasteiger partial charge is 0.374 e. The molecule has 0 heterocycles. The third-order valence-corrected chi connectivity index (χ3v) is 3.56. The molecule has 1 aromatic rings. The number of aryl methyl sites for hydroxylation is 2. The highest BCUT2D eigenvalue weighted by Gasteiger charge is 2.20. The minimum Gasteiger partial charge on any atom is -0.374 e. The summed E-state index contributed by atoms with van der Waals surface area (Å²) in [4.78, 5) is 2.38. The summed E-state index contributed by atoms with van der Waals surface area (Å²) in [6.45, 7) is 10.6. The van der Waals surface area contributed by atoms with E-state index in [0.29, 0.717) is 6.54 Å². The maximum atomic E-state index is 5.85. The first-order valence-electron chi connectivity index (χ1n) is 6.97. The Morgan fingerprint density at radius 2 is 1.61 bits per heavy atom. The average Bonchev–Trinajstić information content (AvgIpc) is 2.37. The van der Waals surface area contributed by atoms with Crippen LogP contribution >= 0.6 is 0 Å². The van der Waals surface area contributed by atoms with Gasteiger partial charge in [-0.05, 0) is 35.9 Å². The van der Waals surface area contributed by atoms with Crippen molar-refractivity contribution in [3.8, 4) is 0 Å². The summed E-state index contributed by atoms with van der Waals surface area (Å²) in [5.74, 6) is 0. The Hall–Kier alpha value is -1.02. The summed E-state index contributed by atoms with van der Waals surface area (Å²) in [6.07, 6.45) is 2.16. The number of rotatable bonds is 6. The second-order valence-electron chi connectivity index (χ2n) is 5.86. The molecule has 0 aliphatic carbocycles.